The van der Waals surface area contributed by atoms with E-state index in [2.05, 4.69) is 18.3 Å². The van der Waals surface area contributed by atoms with E-state index in [0.29, 0.717) is 0 Å². The maximum absolute atomic E-state index is 12.6. The number of carbonyl (C=O) groups excluding carboxylic acids is 2. The van der Waals surface area contributed by atoms with E-state index in [9.17, 15) is 9.59 Å². The molecule has 2 amide bonds. The number of amides is 2. The van der Waals surface area contributed by atoms with Gasteiger partial charge in [0.15, 0.2) is 0 Å². The topological polar surface area (TPSA) is 52.7 Å². The van der Waals surface area contributed by atoms with Crippen molar-refractivity contribution in [1.29, 1.82) is 0 Å². The lowest BCUT2D eigenvalue weighted by Crippen LogP contribution is -2.51. The molecule has 5 nitrogen and oxygen atoms in total. The Morgan fingerprint density at radius 2 is 1.83 bits per heavy atom. The van der Waals surface area contributed by atoms with Crippen LogP contribution >= 0.6 is 0 Å². The number of anilines is 2. The molecule has 2 aliphatic heterocycles. The van der Waals surface area contributed by atoms with Crippen molar-refractivity contribution in [2.24, 2.45) is 0 Å². The normalized spacial score (nSPS) is 21.0. The van der Waals surface area contributed by atoms with Crippen molar-refractivity contribution in [2.45, 2.75) is 46.1 Å². The number of hydrogen-bond acceptors (Lipinski definition) is 3. The number of nitrogens with one attached hydrogen (secondary N) is 1. The fourth-order valence-electron chi connectivity index (χ4n) is 3.33. The first-order valence-electron chi connectivity index (χ1n) is 8.44. The van der Waals surface area contributed by atoms with Crippen LogP contribution < -0.4 is 10.2 Å². The standard InChI is InChI=1S/C18H25N3O2/c1-12-9-15-16(10-13(12)2)21(18(23)14(3)19-15)11-17(22)20-7-5-4-6-8-20/h9-10,14,19H,4-8,11H2,1-3H3. The first-order valence-corrected chi connectivity index (χ1v) is 8.44. The Balaban J connectivity index is 1.87. The van der Waals surface area contributed by atoms with Gasteiger partial charge in [-0.3, -0.25) is 14.5 Å². The molecule has 1 unspecified atom stereocenters. The van der Waals surface area contributed by atoms with Gasteiger partial charge in [-0.1, -0.05) is 0 Å². The molecular weight excluding hydrogens is 290 g/mol. The maximum atomic E-state index is 12.6. The van der Waals surface area contributed by atoms with Crippen molar-refractivity contribution in [2.75, 3.05) is 29.9 Å². The Hall–Kier alpha value is -2.04. The lowest BCUT2D eigenvalue weighted by molar-refractivity contribution is -0.132. The van der Waals surface area contributed by atoms with Crippen LogP contribution in [0.5, 0.6) is 0 Å². The van der Waals surface area contributed by atoms with Gasteiger partial charge >= 0.3 is 0 Å². The van der Waals surface area contributed by atoms with E-state index in [1.54, 1.807) is 4.90 Å². The molecule has 1 saturated heterocycles. The quantitative estimate of drug-likeness (QED) is 0.912. The molecule has 0 aliphatic carbocycles. The monoisotopic (exact) mass is 315 g/mol. The number of benzene rings is 1. The number of fused-ring (bicyclic) bond motifs is 1. The van der Waals surface area contributed by atoms with Crippen LogP contribution in [-0.2, 0) is 9.59 Å². The second-order valence-corrected chi connectivity index (χ2v) is 6.69. The van der Waals surface area contributed by atoms with E-state index >= 15 is 0 Å². The second kappa shape index (κ2) is 6.22. The highest BCUT2D eigenvalue weighted by Gasteiger charge is 2.32. The average Bonchev–Trinajstić information content (AvgIpc) is 2.54. The maximum Gasteiger partial charge on any atom is 0.249 e. The zero-order valence-corrected chi connectivity index (χ0v) is 14.2. The SMILES string of the molecule is Cc1cc2c(cc1C)N(CC(=O)N1CCCCC1)C(=O)C(C)N2. The molecule has 1 fully saturated rings. The highest BCUT2D eigenvalue weighted by Crippen LogP contribution is 2.34. The Bertz CT molecular complexity index is 635. The summed E-state index contributed by atoms with van der Waals surface area (Å²) < 4.78 is 0. The van der Waals surface area contributed by atoms with Crippen molar-refractivity contribution in [3.8, 4) is 0 Å². The van der Waals surface area contributed by atoms with Crippen LogP contribution in [0.3, 0.4) is 0 Å². The predicted molar refractivity (Wildman–Crippen MR) is 91.8 cm³/mol. The highest BCUT2D eigenvalue weighted by atomic mass is 16.2. The minimum absolute atomic E-state index is 0.0360. The lowest BCUT2D eigenvalue weighted by atomic mass is 10.0. The number of rotatable bonds is 2. The summed E-state index contributed by atoms with van der Waals surface area (Å²) in [6, 6.07) is 3.76. The second-order valence-electron chi connectivity index (χ2n) is 6.69. The van der Waals surface area contributed by atoms with E-state index in [0.717, 1.165) is 42.9 Å². The summed E-state index contributed by atoms with van der Waals surface area (Å²) in [5.41, 5.74) is 4.07. The van der Waals surface area contributed by atoms with Gasteiger partial charge in [-0.2, -0.15) is 0 Å². The molecule has 0 spiro atoms. The number of nitrogens with zero attached hydrogens (tertiary/aromatic N) is 2. The van der Waals surface area contributed by atoms with Crippen molar-refractivity contribution < 1.29 is 9.59 Å². The molecule has 0 bridgehead atoms. The summed E-state index contributed by atoms with van der Waals surface area (Å²) >= 11 is 0. The number of hydrogen-bond donors (Lipinski definition) is 1. The van der Waals surface area contributed by atoms with Crippen LogP contribution in [0.1, 0.15) is 37.3 Å². The molecule has 1 aromatic carbocycles. The van der Waals surface area contributed by atoms with E-state index in [1.165, 1.54) is 12.0 Å². The van der Waals surface area contributed by atoms with E-state index in [-0.39, 0.29) is 24.4 Å². The van der Waals surface area contributed by atoms with E-state index in [4.69, 9.17) is 0 Å². The Morgan fingerprint density at radius 1 is 1.17 bits per heavy atom. The predicted octanol–water partition coefficient (Wildman–Crippen LogP) is 2.46. The van der Waals surface area contributed by atoms with Gasteiger partial charge in [0.05, 0.1) is 11.4 Å². The van der Waals surface area contributed by atoms with Crippen LogP contribution in [0.4, 0.5) is 11.4 Å². The third-order valence-electron chi connectivity index (χ3n) is 4.91. The molecule has 1 aromatic rings. The van der Waals surface area contributed by atoms with Gasteiger partial charge in [-0.25, -0.2) is 0 Å². The van der Waals surface area contributed by atoms with Crippen LogP contribution in [0, 0.1) is 13.8 Å². The van der Waals surface area contributed by atoms with Gasteiger partial charge in [-0.05, 0) is 63.3 Å². The molecule has 0 radical (unpaired) electrons. The minimum atomic E-state index is -0.307. The van der Waals surface area contributed by atoms with Gasteiger partial charge < -0.3 is 10.2 Å². The molecule has 5 heteroatoms. The smallest absolute Gasteiger partial charge is 0.249 e. The molecule has 1 atom stereocenters. The third-order valence-corrected chi connectivity index (χ3v) is 4.91. The summed E-state index contributed by atoms with van der Waals surface area (Å²) in [7, 11) is 0. The first-order chi connectivity index (χ1) is 11.0. The average molecular weight is 315 g/mol. The van der Waals surface area contributed by atoms with Crippen molar-refractivity contribution in [1.82, 2.24) is 4.90 Å². The van der Waals surface area contributed by atoms with Gasteiger partial charge in [0.1, 0.15) is 12.6 Å². The number of aryl methyl sites for hydroxylation is 2. The molecule has 2 aliphatic rings. The van der Waals surface area contributed by atoms with Crippen molar-refractivity contribution in [3.63, 3.8) is 0 Å². The number of piperidine rings is 1. The van der Waals surface area contributed by atoms with E-state index in [1.807, 2.05) is 24.8 Å². The summed E-state index contributed by atoms with van der Waals surface area (Å²) in [5, 5.41) is 3.24. The lowest BCUT2D eigenvalue weighted by Gasteiger charge is -2.36. The third kappa shape index (κ3) is 3.05. The molecule has 1 N–H and O–H groups in total. The Morgan fingerprint density at radius 3 is 2.52 bits per heavy atom. The van der Waals surface area contributed by atoms with Gasteiger partial charge in [0.2, 0.25) is 11.8 Å². The van der Waals surface area contributed by atoms with Crippen LogP contribution in [-0.4, -0.2) is 42.4 Å². The minimum Gasteiger partial charge on any atom is -0.372 e. The van der Waals surface area contributed by atoms with Crippen LogP contribution in [0.2, 0.25) is 0 Å². The zero-order valence-electron chi connectivity index (χ0n) is 14.2. The van der Waals surface area contributed by atoms with Crippen molar-refractivity contribution >= 4 is 23.2 Å². The van der Waals surface area contributed by atoms with Crippen LogP contribution in [0.15, 0.2) is 12.1 Å². The molecule has 0 aromatic heterocycles. The summed E-state index contributed by atoms with van der Waals surface area (Å²) in [6.07, 6.45) is 3.31. The fraction of sp³-hybridized carbons (Fsp3) is 0.556. The highest BCUT2D eigenvalue weighted by molar-refractivity contribution is 6.07. The van der Waals surface area contributed by atoms with Gasteiger partial charge in [-0.15, -0.1) is 0 Å². The number of likely N-dealkylation sites (tertiary alicyclic amines) is 1. The van der Waals surface area contributed by atoms with Crippen LogP contribution in [0.25, 0.3) is 0 Å². The molecule has 0 saturated carbocycles. The Labute approximate surface area is 137 Å². The van der Waals surface area contributed by atoms with Gasteiger partial charge in [0, 0.05) is 13.1 Å². The first kappa shape index (κ1) is 15.8. The largest absolute Gasteiger partial charge is 0.372 e. The summed E-state index contributed by atoms with van der Waals surface area (Å²) in [5.74, 6) is 0.0161. The van der Waals surface area contributed by atoms with Crippen molar-refractivity contribution in [3.05, 3.63) is 23.3 Å². The van der Waals surface area contributed by atoms with E-state index < -0.39 is 0 Å². The Kier molecular flexibility index (Phi) is 4.28. The van der Waals surface area contributed by atoms with Gasteiger partial charge in [0.25, 0.3) is 0 Å². The number of carbonyl (C=O) groups is 2. The molecule has 23 heavy (non-hydrogen) atoms. The zero-order chi connectivity index (χ0) is 16.6. The molecule has 2 heterocycles. The fourth-order valence-corrected chi connectivity index (χ4v) is 3.33. The molecule has 124 valence electrons. The summed E-state index contributed by atoms with van der Waals surface area (Å²) in [4.78, 5) is 28.7. The molecule has 3 rings (SSSR count). The summed E-state index contributed by atoms with van der Waals surface area (Å²) in [6.45, 7) is 7.70. The molecular formula is C18H25N3O2.